The number of amides is 2. The van der Waals surface area contributed by atoms with Gasteiger partial charge in [0.2, 0.25) is 0 Å². The lowest BCUT2D eigenvalue weighted by Gasteiger charge is -2.29. The van der Waals surface area contributed by atoms with Gasteiger partial charge in [0.05, 0.1) is 11.8 Å². The van der Waals surface area contributed by atoms with Crippen molar-refractivity contribution in [1.82, 2.24) is 5.32 Å². The third kappa shape index (κ3) is 4.54. The predicted molar refractivity (Wildman–Crippen MR) is 119 cm³/mol. The van der Waals surface area contributed by atoms with Gasteiger partial charge in [0.25, 0.3) is 11.8 Å². The molecular weight excluding hydrogens is 384 g/mol. The van der Waals surface area contributed by atoms with Crippen molar-refractivity contribution in [3.05, 3.63) is 64.7 Å². The maximum absolute atomic E-state index is 13.2. The molecule has 0 unspecified atom stereocenters. The summed E-state index contributed by atoms with van der Waals surface area (Å²) >= 11 is 5.29. The second-order valence-electron chi connectivity index (χ2n) is 7.18. The molecule has 2 aromatic carbocycles. The fourth-order valence-corrected chi connectivity index (χ4v) is 3.42. The Balaban J connectivity index is 2.02. The van der Waals surface area contributed by atoms with E-state index < -0.39 is 11.8 Å². The summed E-state index contributed by atoms with van der Waals surface area (Å²) in [5.41, 5.74) is 3.32. The molecule has 0 bridgehead atoms. The van der Waals surface area contributed by atoms with Crippen LogP contribution < -0.4 is 15.0 Å². The number of anilines is 1. The molecule has 1 N–H and O–H groups in total. The summed E-state index contributed by atoms with van der Waals surface area (Å²) in [6.07, 6.45) is 2.43. The van der Waals surface area contributed by atoms with Crippen LogP contribution in [0.25, 0.3) is 6.08 Å². The van der Waals surface area contributed by atoms with Crippen molar-refractivity contribution in [2.45, 2.75) is 40.2 Å². The van der Waals surface area contributed by atoms with Crippen molar-refractivity contribution in [2.75, 3.05) is 4.90 Å². The van der Waals surface area contributed by atoms with Gasteiger partial charge in [0, 0.05) is 5.56 Å². The third-order valence-corrected chi connectivity index (χ3v) is 4.97. The highest BCUT2D eigenvalue weighted by Crippen LogP contribution is 2.27. The molecule has 5 nitrogen and oxygen atoms in total. The maximum atomic E-state index is 13.2. The summed E-state index contributed by atoms with van der Waals surface area (Å²) in [7, 11) is 0. The molecule has 29 heavy (non-hydrogen) atoms. The van der Waals surface area contributed by atoms with E-state index in [9.17, 15) is 9.59 Å². The zero-order chi connectivity index (χ0) is 21.1. The normalized spacial score (nSPS) is 16.8. The van der Waals surface area contributed by atoms with Crippen molar-refractivity contribution >= 4 is 40.9 Å². The van der Waals surface area contributed by atoms with Gasteiger partial charge in [-0.3, -0.25) is 19.8 Å². The molecule has 0 aromatic heterocycles. The van der Waals surface area contributed by atoms with Crippen molar-refractivity contribution in [3.8, 4) is 5.75 Å². The van der Waals surface area contributed by atoms with Crippen LogP contribution in [0.5, 0.6) is 5.75 Å². The molecule has 6 heteroatoms. The van der Waals surface area contributed by atoms with Crippen LogP contribution in [-0.4, -0.2) is 23.0 Å². The number of benzene rings is 2. The van der Waals surface area contributed by atoms with Crippen molar-refractivity contribution in [2.24, 2.45) is 0 Å². The number of para-hydroxylation sites is 1. The molecule has 3 rings (SSSR count). The van der Waals surface area contributed by atoms with Gasteiger partial charge in [-0.15, -0.1) is 0 Å². The first-order chi connectivity index (χ1) is 13.8. The highest BCUT2D eigenvalue weighted by Gasteiger charge is 2.34. The zero-order valence-electron chi connectivity index (χ0n) is 17.0. The molecule has 150 valence electrons. The number of ether oxygens (including phenoxy) is 1. The van der Waals surface area contributed by atoms with Crippen LogP contribution in [0.1, 0.15) is 37.0 Å². The summed E-state index contributed by atoms with van der Waals surface area (Å²) in [4.78, 5) is 27.2. The van der Waals surface area contributed by atoms with Crippen molar-refractivity contribution in [1.29, 1.82) is 0 Å². The molecule has 2 amide bonds. The van der Waals surface area contributed by atoms with E-state index in [4.69, 9.17) is 17.0 Å². The molecular formula is C23H24N2O3S. The highest BCUT2D eigenvalue weighted by atomic mass is 32.1. The Bertz CT molecular complexity index is 993. The largest absolute Gasteiger partial charge is 0.490 e. The quantitative estimate of drug-likeness (QED) is 0.455. The number of aryl methyl sites for hydroxylation is 2. The number of thiocarbonyl (C=S) groups is 1. The average molecular weight is 409 g/mol. The molecule has 1 aliphatic heterocycles. The average Bonchev–Trinajstić information content (AvgIpc) is 2.65. The third-order valence-electron chi connectivity index (χ3n) is 4.69. The summed E-state index contributed by atoms with van der Waals surface area (Å²) < 4.78 is 5.94. The molecule has 0 radical (unpaired) electrons. The van der Waals surface area contributed by atoms with E-state index in [1.54, 1.807) is 6.08 Å². The molecule has 1 atom stereocenters. The fourth-order valence-electron chi connectivity index (χ4n) is 3.13. The number of hydrogen-bond donors (Lipinski definition) is 1. The van der Waals surface area contributed by atoms with E-state index in [1.165, 1.54) is 4.90 Å². The van der Waals surface area contributed by atoms with Gasteiger partial charge in [0.1, 0.15) is 11.3 Å². The molecule has 0 saturated carbocycles. The molecule has 0 spiro atoms. The molecule has 1 heterocycles. The Labute approximate surface area is 176 Å². The number of carbonyl (C=O) groups is 2. The van der Waals surface area contributed by atoms with Crippen LogP contribution in [0.3, 0.4) is 0 Å². The lowest BCUT2D eigenvalue weighted by atomic mass is 10.0. The first-order valence-electron chi connectivity index (χ1n) is 9.55. The van der Waals surface area contributed by atoms with Crippen LogP contribution in [0.4, 0.5) is 5.69 Å². The minimum absolute atomic E-state index is 0.0120. The Hall–Kier alpha value is -2.99. The first-order valence-corrected chi connectivity index (χ1v) is 9.96. The van der Waals surface area contributed by atoms with E-state index >= 15 is 0 Å². The Kier molecular flexibility index (Phi) is 6.13. The van der Waals surface area contributed by atoms with E-state index in [0.717, 1.165) is 17.5 Å². The van der Waals surface area contributed by atoms with Crippen LogP contribution in [0.15, 0.2) is 48.0 Å². The summed E-state index contributed by atoms with van der Waals surface area (Å²) in [5, 5.41) is 2.70. The Morgan fingerprint density at radius 2 is 1.79 bits per heavy atom. The van der Waals surface area contributed by atoms with Gasteiger partial charge in [-0.25, -0.2) is 0 Å². The lowest BCUT2D eigenvalue weighted by Crippen LogP contribution is -2.54. The summed E-state index contributed by atoms with van der Waals surface area (Å²) in [6, 6.07) is 13.1. The summed E-state index contributed by atoms with van der Waals surface area (Å²) in [6.45, 7) is 7.91. The zero-order valence-corrected chi connectivity index (χ0v) is 17.8. The fraction of sp³-hybridized carbons (Fsp3) is 0.261. The van der Waals surface area contributed by atoms with Crippen LogP contribution in [-0.2, 0) is 9.59 Å². The number of carbonyl (C=O) groups excluding carboxylic acids is 2. The Morgan fingerprint density at radius 3 is 2.45 bits per heavy atom. The van der Waals surface area contributed by atoms with E-state index in [1.807, 2.05) is 70.2 Å². The van der Waals surface area contributed by atoms with Crippen molar-refractivity contribution in [3.63, 3.8) is 0 Å². The van der Waals surface area contributed by atoms with Gasteiger partial charge < -0.3 is 4.74 Å². The number of nitrogens with one attached hydrogen (secondary N) is 1. The predicted octanol–water partition coefficient (Wildman–Crippen LogP) is 4.31. The van der Waals surface area contributed by atoms with Crippen LogP contribution in [0, 0.1) is 13.8 Å². The number of nitrogens with zero attached hydrogens (tertiary/aromatic N) is 1. The molecule has 1 aliphatic rings. The molecule has 2 aromatic rings. The Morgan fingerprint density at radius 1 is 1.14 bits per heavy atom. The first kappa shape index (κ1) is 20.7. The van der Waals surface area contributed by atoms with Crippen LogP contribution in [0.2, 0.25) is 0 Å². The highest BCUT2D eigenvalue weighted by molar-refractivity contribution is 7.80. The number of hydrogen-bond acceptors (Lipinski definition) is 4. The van der Waals surface area contributed by atoms with Gasteiger partial charge >= 0.3 is 0 Å². The smallest absolute Gasteiger partial charge is 0.270 e. The van der Waals surface area contributed by atoms with Crippen molar-refractivity contribution < 1.29 is 14.3 Å². The lowest BCUT2D eigenvalue weighted by molar-refractivity contribution is -0.122. The topological polar surface area (TPSA) is 58.6 Å². The maximum Gasteiger partial charge on any atom is 0.270 e. The van der Waals surface area contributed by atoms with Gasteiger partial charge in [0.15, 0.2) is 5.11 Å². The minimum Gasteiger partial charge on any atom is -0.490 e. The van der Waals surface area contributed by atoms with Gasteiger partial charge in [-0.2, -0.15) is 0 Å². The SMILES string of the molecule is CC[C@H](C)Oc1ccccc1/C=C1\C(=O)NC(=S)N(c2cc(C)cc(C)c2)C1=O. The minimum atomic E-state index is -0.515. The van der Waals surface area contributed by atoms with Crippen LogP contribution >= 0.6 is 12.2 Å². The van der Waals surface area contributed by atoms with E-state index in [2.05, 4.69) is 5.32 Å². The summed E-state index contributed by atoms with van der Waals surface area (Å²) in [5.74, 6) is -0.345. The molecule has 0 aliphatic carbocycles. The number of rotatable bonds is 5. The monoisotopic (exact) mass is 408 g/mol. The molecule has 1 saturated heterocycles. The second kappa shape index (κ2) is 8.57. The van der Waals surface area contributed by atoms with Gasteiger partial charge in [-0.05, 0) is 74.8 Å². The standard InChI is InChI=1S/C23H24N2O3S/c1-5-16(4)28-20-9-7-6-8-17(20)13-19-21(26)24-23(29)25(22(19)27)18-11-14(2)10-15(3)12-18/h6-13,16H,5H2,1-4H3,(H,24,26,29)/b19-13+/t16-/m0/s1. The van der Waals surface area contributed by atoms with E-state index in [0.29, 0.717) is 17.0 Å². The van der Waals surface area contributed by atoms with Gasteiger partial charge in [-0.1, -0.05) is 31.2 Å². The second-order valence-corrected chi connectivity index (χ2v) is 7.57. The van der Waals surface area contributed by atoms with E-state index in [-0.39, 0.29) is 16.8 Å². The molecule has 1 fully saturated rings.